The molecule has 0 saturated carbocycles. The fourth-order valence-corrected chi connectivity index (χ4v) is 2.30. The van der Waals surface area contributed by atoms with Crippen LogP contribution in [0, 0.1) is 12.3 Å². The SMILES string of the molecule is C#CCN(C)CCC1CCC(O)C(C(=O)NCCOC)O1. The fourth-order valence-electron chi connectivity index (χ4n) is 2.30. The summed E-state index contributed by atoms with van der Waals surface area (Å²) in [5.41, 5.74) is 0. The maximum Gasteiger partial charge on any atom is 0.251 e. The highest BCUT2D eigenvalue weighted by Gasteiger charge is 2.34. The van der Waals surface area contributed by atoms with E-state index in [-0.39, 0.29) is 12.0 Å². The number of ether oxygens (including phenoxy) is 2. The van der Waals surface area contributed by atoms with E-state index in [1.54, 1.807) is 7.11 Å². The summed E-state index contributed by atoms with van der Waals surface area (Å²) in [7, 11) is 3.52. The number of aliphatic hydroxyl groups is 1. The number of aliphatic hydroxyl groups excluding tert-OH is 1. The Bertz CT molecular complexity index is 356. The number of hydrogen-bond donors (Lipinski definition) is 2. The molecule has 0 spiro atoms. The predicted octanol–water partition coefficient (Wildman–Crippen LogP) is -0.387. The summed E-state index contributed by atoms with van der Waals surface area (Å²) in [6, 6.07) is 0. The van der Waals surface area contributed by atoms with Crippen molar-refractivity contribution in [1.82, 2.24) is 10.2 Å². The fraction of sp³-hybridized carbons (Fsp3) is 0.800. The average molecular weight is 298 g/mol. The molecular weight excluding hydrogens is 272 g/mol. The Morgan fingerprint density at radius 1 is 1.57 bits per heavy atom. The molecule has 1 saturated heterocycles. The van der Waals surface area contributed by atoms with Gasteiger partial charge in [0, 0.05) is 20.2 Å². The number of rotatable bonds is 8. The summed E-state index contributed by atoms with van der Waals surface area (Å²) in [6.45, 7) is 2.26. The molecule has 0 aliphatic carbocycles. The van der Waals surface area contributed by atoms with Crippen molar-refractivity contribution in [2.45, 2.75) is 37.6 Å². The highest BCUT2D eigenvalue weighted by molar-refractivity contribution is 5.81. The number of carbonyl (C=O) groups is 1. The molecule has 6 heteroatoms. The first-order valence-electron chi connectivity index (χ1n) is 7.30. The summed E-state index contributed by atoms with van der Waals surface area (Å²) in [6.07, 6.45) is 5.83. The van der Waals surface area contributed by atoms with Gasteiger partial charge in [-0.1, -0.05) is 5.92 Å². The second-order valence-corrected chi connectivity index (χ2v) is 5.34. The second-order valence-electron chi connectivity index (χ2n) is 5.34. The largest absolute Gasteiger partial charge is 0.390 e. The van der Waals surface area contributed by atoms with Crippen LogP contribution in [-0.4, -0.2) is 74.6 Å². The topological polar surface area (TPSA) is 71.0 Å². The van der Waals surface area contributed by atoms with Crippen LogP contribution in [0.4, 0.5) is 0 Å². The molecule has 2 N–H and O–H groups in total. The molecule has 120 valence electrons. The van der Waals surface area contributed by atoms with Crippen molar-refractivity contribution in [2.24, 2.45) is 0 Å². The van der Waals surface area contributed by atoms with E-state index in [2.05, 4.69) is 11.2 Å². The third-order valence-corrected chi connectivity index (χ3v) is 3.53. The normalized spacial score (nSPS) is 25.6. The van der Waals surface area contributed by atoms with Gasteiger partial charge in [0.05, 0.1) is 25.4 Å². The van der Waals surface area contributed by atoms with Crippen LogP contribution >= 0.6 is 0 Å². The Kier molecular flexibility index (Phi) is 8.31. The molecule has 1 aliphatic heterocycles. The third-order valence-electron chi connectivity index (χ3n) is 3.53. The number of terminal acetylenes is 1. The van der Waals surface area contributed by atoms with E-state index in [0.717, 1.165) is 19.4 Å². The smallest absolute Gasteiger partial charge is 0.251 e. The van der Waals surface area contributed by atoms with Gasteiger partial charge in [-0.25, -0.2) is 0 Å². The molecule has 1 heterocycles. The van der Waals surface area contributed by atoms with Gasteiger partial charge in [0.2, 0.25) is 0 Å². The van der Waals surface area contributed by atoms with E-state index >= 15 is 0 Å². The minimum atomic E-state index is -0.793. The number of nitrogens with one attached hydrogen (secondary N) is 1. The molecule has 0 radical (unpaired) electrons. The van der Waals surface area contributed by atoms with Gasteiger partial charge in [0.15, 0.2) is 6.10 Å². The van der Waals surface area contributed by atoms with Gasteiger partial charge in [0.1, 0.15) is 0 Å². The Morgan fingerprint density at radius 3 is 3.00 bits per heavy atom. The third kappa shape index (κ3) is 6.44. The summed E-state index contributed by atoms with van der Waals surface area (Å²) in [5.74, 6) is 2.31. The van der Waals surface area contributed by atoms with E-state index in [1.165, 1.54) is 0 Å². The van der Waals surface area contributed by atoms with Crippen molar-refractivity contribution >= 4 is 5.91 Å². The standard InChI is InChI=1S/C15H26N2O4/c1-4-9-17(2)10-7-12-5-6-13(18)14(21-12)15(19)16-8-11-20-3/h1,12-14,18H,5-11H2,2-3H3,(H,16,19). The van der Waals surface area contributed by atoms with E-state index < -0.39 is 12.2 Å². The molecule has 21 heavy (non-hydrogen) atoms. The maximum atomic E-state index is 12.0. The van der Waals surface area contributed by atoms with Gasteiger partial charge in [-0.15, -0.1) is 6.42 Å². The van der Waals surface area contributed by atoms with Crippen LogP contribution in [0.25, 0.3) is 0 Å². The van der Waals surface area contributed by atoms with Crippen LogP contribution in [0.15, 0.2) is 0 Å². The van der Waals surface area contributed by atoms with E-state index in [9.17, 15) is 9.90 Å². The summed E-state index contributed by atoms with van der Waals surface area (Å²) >= 11 is 0. The Hall–Kier alpha value is -1.13. The van der Waals surface area contributed by atoms with Crippen molar-refractivity contribution in [3.05, 3.63) is 0 Å². The Balaban J connectivity index is 2.39. The number of methoxy groups -OCH3 is 1. The average Bonchev–Trinajstić information content (AvgIpc) is 2.47. The maximum absolute atomic E-state index is 12.0. The van der Waals surface area contributed by atoms with Crippen LogP contribution in [-0.2, 0) is 14.3 Å². The minimum Gasteiger partial charge on any atom is -0.390 e. The van der Waals surface area contributed by atoms with Crippen molar-refractivity contribution < 1.29 is 19.4 Å². The van der Waals surface area contributed by atoms with Gasteiger partial charge >= 0.3 is 0 Å². The number of carbonyl (C=O) groups excluding carboxylic acids is 1. The molecule has 3 unspecified atom stereocenters. The van der Waals surface area contributed by atoms with Crippen LogP contribution in [0.2, 0.25) is 0 Å². The molecule has 3 atom stereocenters. The van der Waals surface area contributed by atoms with Crippen molar-refractivity contribution in [3.63, 3.8) is 0 Å². The van der Waals surface area contributed by atoms with Gasteiger partial charge < -0.3 is 19.9 Å². The first kappa shape index (κ1) is 17.9. The van der Waals surface area contributed by atoms with Crippen molar-refractivity contribution in [2.75, 3.05) is 40.4 Å². The highest BCUT2D eigenvalue weighted by Crippen LogP contribution is 2.22. The molecule has 6 nitrogen and oxygen atoms in total. The summed E-state index contributed by atoms with van der Waals surface area (Å²) < 4.78 is 10.6. The lowest BCUT2D eigenvalue weighted by molar-refractivity contribution is -0.158. The molecule has 1 fully saturated rings. The molecule has 0 bridgehead atoms. The lowest BCUT2D eigenvalue weighted by Gasteiger charge is -2.33. The van der Waals surface area contributed by atoms with Gasteiger partial charge in [-0.05, 0) is 26.3 Å². The Labute approximate surface area is 126 Å². The Morgan fingerprint density at radius 2 is 2.33 bits per heavy atom. The van der Waals surface area contributed by atoms with E-state index in [0.29, 0.717) is 26.1 Å². The van der Waals surface area contributed by atoms with Crippen molar-refractivity contribution in [1.29, 1.82) is 0 Å². The predicted molar refractivity (Wildman–Crippen MR) is 79.7 cm³/mol. The van der Waals surface area contributed by atoms with Crippen LogP contribution in [0.3, 0.4) is 0 Å². The molecular formula is C15H26N2O4. The van der Waals surface area contributed by atoms with Gasteiger partial charge in [0.25, 0.3) is 5.91 Å². The number of hydrogen-bond acceptors (Lipinski definition) is 5. The van der Waals surface area contributed by atoms with Crippen LogP contribution in [0.1, 0.15) is 19.3 Å². The quantitative estimate of drug-likeness (QED) is 0.472. The van der Waals surface area contributed by atoms with Crippen molar-refractivity contribution in [3.8, 4) is 12.3 Å². The zero-order chi connectivity index (χ0) is 15.7. The first-order valence-corrected chi connectivity index (χ1v) is 7.30. The molecule has 0 aromatic heterocycles. The summed E-state index contributed by atoms with van der Waals surface area (Å²) in [5, 5.41) is 12.6. The van der Waals surface area contributed by atoms with E-state index in [4.69, 9.17) is 15.9 Å². The van der Waals surface area contributed by atoms with Gasteiger partial charge in [-0.2, -0.15) is 0 Å². The molecule has 0 aromatic rings. The van der Waals surface area contributed by atoms with Gasteiger partial charge in [-0.3, -0.25) is 9.69 Å². The zero-order valence-electron chi connectivity index (χ0n) is 12.9. The molecule has 1 rings (SSSR count). The molecule has 1 aliphatic rings. The summed E-state index contributed by atoms with van der Waals surface area (Å²) in [4.78, 5) is 14.0. The second kappa shape index (κ2) is 9.74. The lowest BCUT2D eigenvalue weighted by Crippen LogP contribution is -2.49. The number of amides is 1. The monoisotopic (exact) mass is 298 g/mol. The van der Waals surface area contributed by atoms with Crippen LogP contribution in [0.5, 0.6) is 0 Å². The molecule has 0 aromatic carbocycles. The van der Waals surface area contributed by atoms with E-state index in [1.807, 2.05) is 11.9 Å². The minimum absolute atomic E-state index is 0.0215. The first-order chi connectivity index (χ1) is 10.1. The lowest BCUT2D eigenvalue weighted by atomic mass is 9.98. The highest BCUT2D eigenvalue weighted by atomic mass is 16.5. The zero-order valence-corrected chi connectivity index (χ0v) is 12.9. The molecule has 1 amide bonds. The number of nitrogens with zero attached hydrogens (tertiary/aromatic N) is 1. The van der Waals surface area contributed by atoms with Crippen LogP contribution < -0.4 is 5.32 Å².